The highest BCUT2D eigenvalue weighted by atomic mass is 19.1. The zero-order chi connectivity index (χ0) is 16.5. The molecule has 0 aromatic heterocycles. The first-order valence-electron chi connectivity index (χ1n) is 7.42. The minimum Gasteiger partial charge on any atom is -0.489 e. The monoisotopic (exact) mass is 320 g/mol. The van der Waals surface area contributed by atoms with Crippen LogP contribution < -0.4 is 4.74 Å². The Labute approximate surface area is 135 Å². The van der Waals surface area contributed by atoms with E-state index in [1.165, 1.54) is 12.1 Å². The summed E-state index contributed by atoms with van der Waals surface area (Å²) >= 11 is 0. The zero-order valence-electron chi connectivity index (χ0n) is 13.1. The van der Waals surface area contributed by atoms with Crippen molar-refractivity contribution in [1.29, 1.82) is 0 Å². The quantitative estimate of drug-likeness (QED) is 0.721. The van der Waals surface area contributed by atoms with Crippen molar-refractivity contribution in [2.75, 3.05) is 26.9 Å². The number of rotatable bonds is 9. The molecule has 23 heavy (non-hydrogen) atoms. The van der Waals surface area contributed by atoms with E-state index >= 15 is 0 Å². The molecule has 0 spiro atoms. The Morgan fingerprint density at radius 1 is 1.09 bits per heavy atom. The second-order valence-corrected chi connectivity index (χ2v) is 4.99. The van der Waals surface area contributed by atoms with Crippen LogP contribution >= 0.6 is 0 Å². The van der Waals surface area contributed by atoms with E-state index < -0.39 is 11.9 Å². The van der Waals surface area contributed by atoms with Crippen molar-refractivity contribution in [3.05, 3.63) is 65.5 Å². The van der Waals surface area contributed by atoms with Gasteiger partial charge in [0.15, 0.2) is 0 Å². The first-order chi connectivity index (χ1) is 11.2. The number of methoxy groups -OCH3 is 1. The Bertz CT molecular complexity index is 589. The molecule has 0 aliphatic rings. The maximum Gasteiger partial charge on any atom is 0.125 e. The third-order valence-electron chi connectivity index (χ3n) is 3.33. The molecular weight excluding hydrogens is 299 g/mol. The summed E-state index contributed by atoms with van der Waals surface area (Å²) in [5.74, 6) is 0.0903. The zero-order valence-corrected chi connectivity index (χ0v) is 13.1. The minimum absolute atomic E-state index is 0.269. The molecular formula is C18H21FO4. The van der Waals surface area contributed by atoms with Gasteiger partial charge in [-0.3, -0.25) is 0 Å². The Morgan fingerprint density at radius 3 is 2.57 bits per heavy atom. The number of halogens is 1. The largest absolute Gasteiger partial charge is 0.489 e. The molecule has 1 N–H and O–H groups in total. The third-order valence-corrected chi connectivity index (χ3v) is 3.33. The van der Waals surface area contributed by atoms with Crippen molar-refractivity contribution < 1.29 is 23.7 Å². The SMILES string of the molecule is COCCO[C@@H](CO)c1cc(F)ccc1OCc1ccccc1. The van der Waals surface area contributed by atoms with Crippen molar-refractivity contribution >= 4 is 0 Å². The van der Waals surface area contributed by atoms with Crippen molar-refractivity contribution in [3.63, 3.8) is 0 Å². The maximum atomic E-state index is 13.6. The van der Waals surface area contributed by atoms with Crippen LogP contribution in [0.25, 0.3) is 0 Å². The molecule has 5 heteroatoms. The predicted octanol–water partition coefficient (Wildman–Crippen LogP) is 3.10. The van der Waals surface area contributed by atoms with Gasteiger partial charge < -0.3 is 19.3 Å². The summed E-state index contributed by atoms with van der Waals surface area (Å²) in [6, 6.07) is 13.9. The van der Waals surface area contributed by atoms with Crippen LogP contribution in [0.3, 0.4) is 0 Å². The number of hydrogen-bond acceptors (Lipinski definition) is 4. The van der Waals surface area contributed by atoms with Crippen molar-refractivity contribution in [2.45, 2.75) is 12.7 Å². The summed E-state index contributed by atoms with van der Waals surface area (Å²) in [4.78, 5) is 0. The third kappa shape index (κ3) is 5.32. The van der Waals surface area contributed by atoms with Crippen LogP contribution in [0, 0.1) is 5.82 Å². The maximum absolute atomic E-state index is 13.6. The van der Waals surface area contributed by atoms with Gasteiger partial charge in [0.25, 0.3) is 0 Å². The Balaban J connectivity index is 2.12. The van der Waals surface area contributed by atoms with Crippen molar-refractivity contribution in [2.24, 2.45) is 0 Å². The number of hydrogen-bond donors (Lipinski definition) is 1. The summed E-state index contributed by atoms with van der Waals surface area (Å²) in [5, 5.41) is 9.54. The standard InChI is InChI=1S/C18H21FO4/c1-21-9-10-22-18(12-20)16-11-15(19)7-8-17(16)23-13-14-5-3-2-4-6-14/h2-8,11,18,20H,9-10,12-13H2,1H3/t18-/m0/s1. The van der Waals surface area contributed by atoms with Crippen LogP contribution in [0.15, 0.2) is 48.5 Å². The first-order valence-corrected chi connectivity index (χ1v) is 7.42. The number of aliphatic hydroxyl groups excluding tert-OH is 1. The molecule has 0 fully saturated rings. The number of aliphatic hydroxyl groups is 1. The van der Waals surface area contributed by atoms with E-state index in [9.17, 15) is 9.50 Å². The van der Waals surface area contributed by atoms with Crippen LogP contribution in [0.4, 0.5) is 4.39 Å². The van der Waals surface area contributed by atoms with Crippen molar-refractivity contribution in [1.82, 2.24) is 0 Å². The van der Waals surface area contributed by atoms with Gasteiger partial charge in [-0.2, -0.15) is 0 Å². The first kappa shape index (κ1) is 17.4. The lowest BCUT2D eigenvalue weighted by molar-refractivity contribution is -0.0137. The average molecular weight is 320 g/mol. The van der Waals surface area contributed by atoms with E-state index in [4.69, 9.17) is 14.2 Å². The van der Waals surface area contributed by atoms with Gasteiger partial charge in [-0.05, 0) is 23.8 Å². The van der Waals surface area contributed by atoms with Gasteiger partial charge in [0, 0.05) is 12.7 Å². The molecule has 2 rings (SSSR count). The highest BCUT2D eigenvalue weighted by Crippen LogP contribution is 2.29. The molecule has 4 nitrogen and oxygen atoms in total. The smallest absolute Gasteiger partial charge is 0.125 e. The van der Waals surface area contributed by atoms with Crippen LogP contribution in [0.1, 0.15) is 17.2 Å². The van der Waals surface area contributed by atoms with Gasteiger partial charge >= 0.3 is 0 Å². The second-order valence-electron chi connectivity index (χ2n) is 4.99. The molecule has 0 aliphatic heterocycles. The molecule has 2 aromatic rings. The average Bonchev–Trinajstić information content (AvgIpc) is 2.59. The van der Waals surface area contributed by atoms with Crippen LogP contribution in [-0.2, 0) is 16.1 Å². The van der Waals surface area contributed by atoms with E-state index in [1.807, 2.05) is 30.3 Å². The summed E-state index contributed by atoms with van der Waals surface area (Å²) in [6.07, 6.45) is -0.661. The Kier molecular flexibility index (Phi) is 7.00. The van der Waals surface area contributed by atoms with Gasteiger partial charge in [0.2, 0.25) is 0 Å². The fourth-order valence-corrected chi connectivity index (χ4v) is 2.15. The van der Waals surface area contributed by atoms with Gasteiger partial charge in [0.1, 0.15) is 24.3 Å². The molecule has 124 valence electrons. The van der Waals surface area contributed by atoms with Crippen molar-refractivity contribution in [3.8, 4) is 5.75 Å². The van der Waals surface area contributed by atoms with Crippen LogP contribution in [0.2, 0.25) is 0 Å². The summed E-state index contributed by atoms with van der Waals surface area (Å²) in [5.41, 5.74) is 1.49. The van der Waals surface area contributed by atoms with E-state index in [0.29, 0.717) is 31.1 Å². The molecule has 2 aromatic carbocycles. The number of benzene rings is 2. The van der Waals surface area contributed by atoms with E-state index in [1.54, 1.807) is 13.2 Å². The second kappa shape index (κ2) is 9.25. The van der Waals surface area contributed by atoms with Gasteiger partial charge in [-0.1, -0.05) is 30.3 Å². The minimum atomic E-state index is -0.661. The normalized spacial score (nSPS) is 12.1. The summed E-state index contributed by atoms with van der Waals surface area (Å²) in [6.45, 7) is 0.785. The molecule has 0 saturated heterocycles. The van der Waals surface area contributed by atoms with E-state index in [-0.39, 0.29) is 6.61 Å². The predicted molar refractivity (Wildman–Crippen MR) is 84.8 cm³/mol. The lowest BCUT2D eigenvalue weighted by Gasteiger charge is -2.19. The highest BCUT2D eigenvalue weighted by Gasteiger charge is 2.17. The van der Waals surface area contributed by atoms with Gasteiger partial charge in [0.05, 0.1) is 19.8 Å². The molecule has 0 amide bonds. The lowest BCUT2D eigenvalue weighted by Crippen LogP contribution is -2.14. The number of ether oxygens (including phenoxy) is 3. The molecule has 0 bridgehead atoms. The highest BCUT2D eigenvalue weighted by molar-refractivity contribution is 5.36. The fourth-order valence-electron chi connectivity index (χ4n) is 2.15. The van der Waals surface area contributed by atoms with Crippen LogP contribution in [-0.4, -0.2) is 32.0 Å². The molecule has 0 aliphatic carbocycles. The van der Waals surface area contributed by atoms with Gasteiger partial charge in [-0.25, -0.2) is 4.39 Å². The van der Waals surface area contributed by atoms with Gasteiger partial charge in [-0.15, -0.1) is 0 Å². The molecule has 0 heterocycles. The van der Waals surface area contributed by atoms with E-state index in [2.05, 4.69) is 0 Å². The summed E-state index contributed by atoms with van der Waals surface area (Å²) in [7, 11) is 1.56. The Morgan fingerprint density at radius 2 is 1.87 bits per heavy atom. The molecule has 0 radical (unpaired) electrons. The molecule has 0 unspecified atom stereocenters. The topological polar surface area (TPSA) is 47.9 Å². The molecule has 0 saturated carbocycles. The summed E-state index contributed by atoms with van der Waals surface area (Å²) < 4.78 is 29.8. The Hall–Kier alpha value is -1.95. The fraction of sp³-hybridized carbons (Fsp3) is 0.333. The lowest BCUT2D eigenvalue weighted by atomic mass is 10.1. The molecule has 1 atom stereocenters. The van der Waals surface area contributed by atoms with Crippen LogP contribution in [0.5, 0.6) is 5.75 Å². The van der Waals surface area contributed by atoms with E-state index in [0.717, 1.165) is 5.56 Å².